The average molecular weight is 132 g/mol. The summed E-state index contributed by atoms with van der Waals surface area (Å²) >= 11 is 1.70. The van der Waals surface area contributed by atoms with E-state index in [1.807, 2.05) is 6.26 Å². The highest BCUT2D eigenvalue weighted by molar-refractivity contribution is 7.99. The Bertz CT molecular complexity index is 78.8. The molecule has 1 aliphatic rings. The lowest BCUT2D eigenvalue weighted by Crippen LogP contribution is -2.19. The minimum absolute atomic E-state index is 0.176. The molecular weight excluding hydrogens is 122 g/mol. The van der Waals surface area contributed by atoms with Crippen LogP contribution in [0.2, 0.25) is 0 Å². The number of rotatable bonds is 1. The largest absolute Gasteiger partial charge is 0.391 e. The molecule has 2 nitrogen and oxygen atoms in total. The van der Waals surface area contributed by atoms with E-state index in [1.165, 1.54) is 0 Å². The van der Waals surface area contributed by atoms with E-state index < -0.39 is 0 Å². The fraction of sp³-hybridized carbons (Fsp3) is 1.00. The highest BCUT2D eigenvalue weighted by Crippen LogP contribution is 2.14. The van der Waals surface area contributed by atoms with Gasteiger partial charge in [0.25, 0.3) is 0 Å². The van der Waals surface area contributed by atoms with Gasteiger partial charge in [0.05, 0.1) is 6.10 Å². The fourth-order valence-electron chi connectivity index (χ4n) is 0.805. The third-order valence-corrected chi connectivity index (χ3v) is 2.43. The van der Waals surface area contributed by atoms with Gasteiger partial charge in [-0.15, -0.1) is 0 Å². The first kappa shape index (κ1) is 6.39. The highest BCUT2D eigenvalue weighted by Gasteiger charge is 2.24. The molecule has 1 saturated heterocycles. The molecule has 0 saturated carbocycles. The van der Waals surface area contributed by atoms with Gasteiger partial charge < -0.3 is 5.11 Å². The standard InChI is InChI=1S/C5H10NOS/c1-8-5-3-6-2-4(5)7/h4-5,7H,2-3H2,1H3. The molecule has 1 aliphatic heterocycles. The van der Waals surface area contributed by atoms with E-state index in [0.29, 0.717) is 11.8 Å². The lowest BCUT2D eigenvalue weighted by atomic mass is 10.3. The van der Waals surface area contributed by atoms with E-state index in [2.05, 4.69) is 5.32 Å². The second kappa shape index (κ2) is 2.71. The van der Waals surface area contributed by atoms with Gasteiger partial charge in [0.15, 0.2) is 0 Å². The first-order valence-electron chi connectivity index (χ1n) is 2.68. The van der Waals surface area contributed by atoms with Crippen LogP contribution in [0.3, 0.4) is 0 Å². The van der Waals surface area contributed by atoms with Crippen molar-refractivity contribution in [2.24, 2.45) is 0 Å². The van der Waals surface area contributed by atoms with Gasteiger partial charge in [-0.2, -0.15) is 11.8 Å². The zero-order chi connectivity index (χ0) is 5.98. The van der Waals surface area contributed by atoms with Crippen LogP contribution in [0, 0.1) is 0 Å². The molecule has 2 unspecified atom stereocenters. The van der Waals surface area contributed by atoms with Crippen LogP contribution in [0.25, 0.3) is 0 Å². The van der Waals surface area contributed by atoms with Crippen molar-refractivity contribution in [3.8, 4) is 0 Å². The molecule has 0 bridgehead atoms. The van der Waals surface area contributed by atoms with Crippen molar-refractivity contribution in [2.45, 2.75) is 11.4 Å². The summed E-state index contributed by atoms with van der Waals surface area (Å²) in [6.45, 7) is 1.48. The van der Waals surface area contributed by atoms with Gasteiger partial charge in [0.2, 0.25) is 0 Å². The average Bonchev–Trinajstić information content (AvgIpc) is 2.14. The van der Waals surface area contributed by atoms with Crippen LogP contribution in [0.4, 0.5) is 0 Å². The first-order valence-corrected chi connectivity index (χ1v) is 3.97. The summed E-state index contributed by atoms with van der Waals surface area (Å²) in [7, 11) is 0. The van der Waals surface area contributed by atoms with Crippen molar-refractivity contribution >= 4 is 11.8 Å². The molecule has 0 spiro atoms. The maximum Gasteiger partial charge on any atom is 0.0812 e. The van der Waals surface area contributed by atoms with Crippen LogP contribution >= 0.6 is 11.8 Å². The van der Waals surface area contributed by atoms with Crippen molar-refractivity contribution < 1.29 is 5.11 Å². The molecule has 8 heavy (non-hydrogen) atoms. The molecule has 0 amide bonds. The highest BCUT2D eigenvalue weighted by atomic mass is 32.2. The molecule has 3 heteroatoms. The number of aliphatic hydroxyl groups is 1. The van der Waals surface area contributed by atoms with Gasteiger partial charge in [-0.05, 0) is 6.26 Å². The molecule has 0 aromatic carbocycles. The minimum atomic E-state index is -0.176. The predicted octanol–water partition coefficient (Wildman–Crippen LogP) is -0.303. The van der Waals surface area contributed by atoms with Crippen LogP contribution in [0.1, 0.15) is 0 Å². The number of nitrogens with zero attached hydrogens (tertiary/aromatic N) is 1. The second-order valence-corrected chi connectivity index (χ2v) is 3.01. The Balaban J connectivity index is 2.30. The van der Waals surface area contributed by atoms with Gasteiger partial charge >= 0.3 is 0 Å². The Hall–Kier alpha value is 0.270. The van der Waals surface area contributed by atoms with Gasteiger partial charge in [0.1, 0.15) is 0 Å². The van der Waals surface area contributed by atoms with Crippen LogP contribution in [0.15, 0.2) is 0 Å². The number of thioether (sulfide) groups is 1. The summed E-state index contributed by atoms with van der Waals surface area (Å²) in [5.74, 6) is 0. The summed E-state index contributed by atoms with van der Waals surface area (Å²) in [5.41, 5.74) is 0. The molecule has 0 aliphatic carbocycles. The summed E-state index contributed by atoms with van der Waals surface area (Å²) in [6.07, 6.45) is 1.83. The molecule has 1 N–H and O–H groups in total. The van der Waals surface area contributed by atoms with Crippen LogP contribution in [-0.2, 0) is 0 Å². The van der Waals surface area contributed by atoms with Crippen LogP contribution in [0.5, 0.6) is 0 Å². The second-order valence-electron chi connectivity index (χ2n) is 1.93. The molecule has 2 atom stereocenters. The molecule has 1 rings (SSSR count). The maximum atomic E-state index is 9.07. The monoisotopic (exact) mass is 132 g/mol. The molecular formula is C5H10NOS. The van der Waals surface area contributed by atoms with Crippen LogP contribution in [-0.4, -0.2) is 35.8 Å². The first-order chi connectivity index (χ1) is 3.84. The maximum absolute atomic E-state index is 9.07. The lowest BCUT2D eigenvalue weighted by molar-refractivity contribution is 0.201. The van der Waals surface area contributed by atoms with Gasteiger partial charge in [-0.1, -0.05) is 0 Å². The number of hydrogen-bond donors (Lipinski definition) is 1. The topological polar surface area (TPSA) is 34.3 Å². The molecule has 1 radical (unpaired) electrons. The van der Waals surface area contributed by atoms with Crippen molar-refractivity contribution in [3.63, 3.8) is 0 Å². The quantitative estimate of drug-likeness (QED) is 0.531. The summed E-state index contributed by atoms with van der Waals surface area (Å²) in [6, 6.07) is 0. The Morgan fingerprint density at radius 1 is 1.62 bits per heavy atom. The van der Waals surface area contributed by atoms with Crippen LogP contribution < -0.4 is 5.32 Å². The van der Waals surface area contributed by atoms with Gasteiger partial charge in [-0.25, -0.2) is 5.32 Å². The van der Waals surface area contributed by atoms with E-state index in [4.69, 9.17) is 5.11 Å². The Labute approximate surface area is 53.7 Å². The third-order valence-electron chi connectivity index (χ3n) is 1.36. The van der Waals surface area contributed by atoms with E-state index in [9.17, 15) is 0 Å². The van der Waals surface area contributed by atoms with E-state index >= 15 is 0 Å². The van der Waals surface area contributed by atoms with Crippen molar-refractivity contribution in [1.29, 1.82) is 0 Å². The molecule has 0 aromatic heterocycles. The Kier molecular flexibility index (Phi) is 2.16. The van der Waals surface area contributed by atoms with Crippen molar-refractivity contribution in [3.05, 3.63) is 0 Å². The lowest BCUT2D eigenvalue weighted by Gasteiger charge is -2.07. The normalized spacial score (nSPS) is 38.2. The molecule has 1 fully saturated rings. The minimum Gasteiger partial charge on any atom is -0.391 e. The van der Waals surface area contributed by atoms with Gasteiger partial charge in [0, 0.05) is 18.3 Å². The van der Waals surface area contributed by atoms with E-state index in [1.54, 1.807) is 11.8 Å². The fourth-order valence-corrected chi connectivity index (χ4v) is 1.46. The van der Waals surface area contributed by atoms with E-state index in [0.717, 1.165) is 6.54 Å². The third kappa shape index (κ3) is 1.16. The Morgan fingerprint density at radius 2 is 2.38 bits per heavy atom. The predicted molar refractivity (Wildman–Crippen MR) is 35.2 cm³/mol. The summed E-state index contributed by atoms with van der Waals surface area (Å²) < 4.78 is 0. The SMILES string of the molecule is CSC1C[N]CC1O. The zero-order valence-electron chi connectivity index (χ0n) is 4.87. The molecule has 1 heterocycles. The Morgan fingerprint density at radius 3 is 2.62 bits per heavy atom. The number of aliphatic hydroxyl groups excluding tert-OH is 1. The van der Waals surface area contributed by atoms with E-state index in [-0.39, 0.29) is 6.10 Å². The molecule has 0 aromatic rings. The smallest absolute Gasteiger partial charge is 0.0812 e. The summed E-state index contributed by atoms with van der Waals surface area (Å²) in [4.78, 5) is 0. The zero-order valence-corrected chi connectivity index (χ0v) is 5.69. The number of hydrogen-bond acceptors (Lipinski definition) is 2. The van der Waals surface area contributed by atoms with Crippen molar-refractivity contribution in [1.82, 2.24) is 5.32 Å². The summed E-state index contributed by atoms with van der Waals surface area (Å²) in [5, 5.41) is 13.5. The van der Waals surface area contributed by atoms with Gasteiger partial charge in [-0.3, -0.25) is 0 Å². The van der Waals surface area contributed by atoms with Crippen molar-refractivity contribution in [2.75, 3.05) is 19.3 Å². The molecule has 47 valence electrons.